The molecule has 29 heavy (non-hydrogen) atoms. The second kappa shape index (κ2) is 8.49. The lowest BCUT2D eigenvalue weighted by atomic mass is 10.1. The summed E-state index contributed by atoms with van der Waals surface area (Å²) in [6.45, 7) is 5.03. The number of morpholine rings is 1. The largest absolute Gasteiger partial charge is 0.493 e. The summed E-state index contributed by atoms with van der Waals surface area (Å²) in [6.07, 6.45) is 0. The molecule has 0 aliphatic carbocycles. The van der Waals surface area contributed by atoms with Crippen LogP contribution in [0.15, 0.2) is 54.6 Å². The van der Waals surface area contributed by atoms with Gasteiger partial charge in [0, 0.05) is 40.8 Å². The second-order valence-corrected chi connectivity index (χ2v) is 6.84. The smallest absolute Gasteiger partial charge is 0.255 e. The van der Waals surface area contributed by atoms with Gasteiger partial charge in [-0.3, -0.25) is 4.79 Å². The van der Waals surface area contributed by atoms with Gasteiger partial charge >= 0.3 is 0 Å². The lowest BCUT2D eigenvalue weighted by Gasteiger charge is -2.29. The fraction of sp³-hybridized carbons (Fsp3) is 0.261. The third-order valence-electron chi connectivity index (χ3n) is 4.95. The predicted octanol–water partition coefficient (Wildman–Crippen LogP) is 4.47. The number of carbonyl (C=O) groups is 1. The van der Waals surface area contributed by atoms with Crippen LogP contribution in [0.2, 0.25) is 0 Å². The molecule has 150 valence electrons. The number of ether oxygens (including phenoxy) is 2. The molecule has 3 aromatic rings. The lowest BCUT2D eigenvalue weighted by Crippen LogP contribution is -2.36. The van der Waals surface area contributed by atoms with Gasteiger partial charge in [0.25, 0.3) is 5.91 Å². The monoisotopic (exact) mass is 394 g/mol. The van der Waals surface area contributed by atoms with Crippen LogP contribution in [0.1, 0.15) is 17.3 Å². The van der Waals surface area contributed by atoms with E-state index in [9.17, 15) is 9.18 Å². The van der Waals surface area contributed by atoms with Crippen LogP contribution in [0.25, 0.3) is 10.8 Å². The molecule has 0 bridgehead atoms. The van der Waals surface area contributed by atoms with Crippen LogP contribution in [-0.2, 0) is 4.74 Å². The predicted molar refractivity (Wildman–Crippen MR) is 113 cm³/mol. The van der Waals surface area contributed by atoms with Crippen molar-refractivity contribution in [1.82, 2.24) is 0 Å². The standard InChI is InChI=1S/C23H23FN2O3/c1-2-29-22-8-7-21(19-5-3-4-6-20(19)22)25-23(27)16-13-17(24)15-18(14-16)26-9-11-28-12-10-26/h3-8,13-15H,2,9-12H2,1H3,(H,25,27). The minimum Gasteiger partial charge on any atom is -0.493 e. The molecule has 0 saturated carbocycles. The molecule has 0 radical (unpaired) electrons. The van der Waals surface area contributed by atoms with Crippen molar-refractivity contribution in [3.63, 3.8) is 0 Å². The lowest BCUT2D eigenvalue weighted by molar-refractivity contribution is 0.102. The van der Waals surface area contributed by atoms with Crippen molar-refractivity contribution < 1.29 is 18.7 Å². The number of halogens is 1. The van der Waals surface area contributed by atoms with E-state index in [1.54, 1.807) is 6.07 Å². The van der Waals surface area contributed by atoms with E-state index in [1.165, 1.54) is 12.1 Å². The number of nitrogens with zero attached hydrogens (tertiary/aromatic N) is 1. The average molecular weight is 394 g/mol. The van der Waals surface area contributed by atoms with Crippen LogP contribution in [0.4, 0.5) is 15.8 Å². The Hall–Kier alpha value is -3.12. The van der Waals surface area contributed by atoms with E-state index >= 15 is 0 Å². The van der Waals surface area contributed by atoms with Crippen LogP contribution in [0.3, 0.4) is 0 Å². The molecule has 0 aromatic heterocycles. The number of carbonyl (C=O) groups excluding carboxylic acids is 1. The van der Waals surface area contributed by atoms with Crippen molar-refractivity contribution in [3.8, 4) is 5.75 Å². The Morgan fingerprint density at radius 2 is 1.86 bits per heavy atom. The summed E-state index contributed by atoms with van der Waals surface area (Å²) in [5.74, 6) is -0.0227. The first kappa shape index (κ1) is 19.2. The number of benzene rings is 3. The minimum absolute atomic E-state index is 0.282. The highest BCUT2D eigenvalue weighted by atomic mass is 19.1. The zero-order chi connectivity index (χ0) is 20.2. The first-order valence-electron chi connectivity index (χ1n) is 9.75. The Balaban J connectivity index is 1.63. The van der Waals surface area contributed by atoms with Gasteiger partial charge < -0.3 is 19.7 Å². The molecule has 1 amide bonds. The third kappa shape index (κ3) is 4.17. The Morgan fingerprint density at radius 1 is 1.10 bits per heavy atom. The van der Waals surface area contributed by atoms with Gasteiger partial charge in [-0.1, -0.05) is 24.3 Å². The number of hydrogen-bond acceptors (Lipinski definition) is 4. The van der Waals surface area contributed by atoms with E-state index in [4.69, 9.17) is 9.47 Å². The number of rotatable bonds is 5. The highest BCUT2D eigenvalue weighted by Crippen LogP contribution is 2.32. The second-order valence-electron chi connectivity index (χ2n) is 6.84. The molecular weight excluding hydrogens is 371 g/mol. The Kier molecular flexibility index (Phi) is 5.62. The molecular formula is C23H23FN2O3. The zero-order valence-electron chi connectivity index (χ0n) is 16.3. The first-order valence-corrected chi connectivity index (χ1v) is 9.75. The van der Waals surface area contributed by atoms with Gasteiger partial charge in [0.15, 0.2) is 0 Å². The van der Waals surface area contributed by atoms with Gasteiger partial charge in [-0.2, -0.15) is 0 Å². The average Bonchev–Trinajstić information content (AvgIpc) is 2.75. The molecule has 1 aliphatic rings. The third-order valence-corrected chi connectivity index (χ3v) is 4.95. The molecule has 5 nitrogen and oxygen atoms in total. The summed E-state index contributed by atoms with van der Waals surface area (Å²) in [7, 11) is 0. The number of amides is 1. The Labute approximate surface area is 169 Å². The molecule has 1 saturated heterocycles. The molecule has 1 N–H and O–H groups in total. The molecule has 0 atom stereocenters. The normalized spacial score (nSPS) is 14.1. The summed E-state index contributed by atoms with van der Waals surface area (Å²) >= 11 is 0. The van der Waals surface area contributed by atoms with Crippen LogP contribution < -0.4 is 15.0 Å². The highest BCUT2D eigenvalue weighted by molar-refractivity contribution is 6.10. The summed E-state index contributed by atoms with van der Waals surface area (Å²) in [5.41, 5.74) is 1.63. The van der Waals surface area contributed by atoms with E-state index in [0.717, 1.165) is 16.5 Å². The molecule has 0 unspecified atom stereocenters. The first-order chi connectivity index (χ1) is 14.2. The van der Waals surface area contributed by atoms with Crippen molar-refractivity contribution in [1.29, 1.82) is 0 Å². The van der Waals surface area contributed by atoms with E-state index in [0.29, 0.717) is 44.3 Å². The van der Waals surface area contributed by atoms with Gasteiger partial charge in [0.1, 0.15) is 11.6 Å². The molecule has 4 rings (SSSR count). The van der Waals surface area contributed by atoms with Gasteiger partial charge in [-0.25, -0.2) is 4.39 Å². The van der Waals surface area contributed by atoms with Crippen molar-refractivity contribution in [3.05, 3.63) is 66.0 Å². The maximum atomic E-state index is 14.2. The molecule has 0 spiro atoms. The van der Waals surface area contributed by atoms with Gasteiger partial charge in [0.05, 0.1) is 19.8 Å². The van der Waals surface area contributed by atoms with E-state index in [2.05, 4.69) is 5.32 Å². The quantitative estimate of drug-likeness (QED) is 0.694. The van der Waals surface area contributed by atoms with E-state index in [1.807, 2.05) is 48.2 Å². The highest BCUT2D eigenvalue weighted by Gasteiger charge is 2.16. The molecule has 1 heterocycles. The van der Waals surface area contributed by atoms with Gasteiger partial charge in [-0.05, 0) is 37.3 Å². The fourth-order valence-electron chi connectivity index (χ4n) is 3.57. The minimum atomic E-state index is -0.435. The maximum absolute atomic E-state index is 14.2. The number of nitrogens with one attached hydrogen (secondary N) is 1. The van der Waals surface area contributed by atoms with E-state index in [-0.39, 0.29) is 11.5 Å². The zero-order valence-corrected chi connectivity index (χ0v) is 16.3. The number of hydrogen-bond donors (Lipinski definition) is 1. The van der Waals surface area contributed by atoms with Gasteiger partial charge in [0.2, 0.25) is 0 Å². The maximum Gasteiger partial charge on any atom is 0.255 e. The summed E-state index contributed by atoms with van der Waals surface area (Å²) in [6, 6.07) is 15.8. The SMILES string of the molecule is CCOc1ccc(NC(=O)c2cc(F)cc(N3CCOCC3)c2)c2ccccc12. The van der Waals surface area contributed by atoms with Crippen molar-refractivity contribution in [2.24, 2.45) is 0 Å². The fourth-order valence-corrected chi connectivity index (χ4v) is 3.57. The van der Waals surface area contributed by atoms with Crippen molar-refractivity contribution in [2.75, 3.05) is 43.1 Å². The number of fused-ring (bicyclic) bond motifs is 1. The molecule has 1 aliphatic heterocycles. The van der Waals surface area contributed by atoms with E-state index < -0.39 is 5.82 Å². The summed E-state index contributed by atoms with van der Waals surface area (Å²) < 4.78 is 25.3. The van der Waals surface area contributed by atoms with Crippen LogP contribution in [0.5, 0.6) is 5.75 Å². The molecule has 6 heteroatoms. The summed E-state index contributed by atoms with van der Waals surface area (Å²) in [4.78, 5) is 14.9. The molecule has 3 aromatic carbocycles. The van der Waals surface area contributed by atoms with Crippen LogP contribution >= 0.6 is 0 Å². The molecule has 1 fully saturated rings. The van der Waals surface area contributed by atoms with Crippen molar-refractivity contribution in [2.45, 2.75) is 6.92 Å². The van der Waals surface area contributed by atoms with Gasteiger partial charge in [-0.15, -0.1) is 0 Å². The number of anilines is 2. The topological polar surface area (TPSA) is 50.8 Å². The van der Waals surface area contributed by atoms with Crippen LogP contribution in [0, 0.1) is 5.82 Å². The Morgan fingerprint density at radius 3 is 2.62 bits per heavy atom. The Bertz CT molecular complexity index is 1030. The van der Waals surface area contributed by atoms with Crippen molar-refractivity contribution >= 4 is 28.1 Å². The van der Waals surface area contributed by atoms with Crippen LogP contribution in [-0.4, -0.2) is 38.8 Å². The summed E-state index contributed by atoms with van der Waals surface area (Å²) in [5, 5.41) is 4.71.